The van der Waals surface area contributed by atoms with Gasteiger partial charge in [-0.25, -0.2) is 14.5 Å². The maximum atomic E-state index is 12.6. The number of rotatable bonds is 3. The minimum atomic E-state index is -4.46. The van der Waals surface area contributed by atoms with Crippen molar-refractivity contribution in [1.82, 2.24) is 20.1 Å². The fourth-order valence-electron chi connectivity index (χ4n) is 4.17. The van der Waals surface area contributed by atoms with Crippen LogP contribution in [0.1, 0.15) is 51.3 Å². The first-order chi connectivity index (χ1) is 12.9. The molecule has 0 spiro atoms. The largest absolute Gasteiger partial charge is 0.444 e. The van der Waals surface area contributed by atoms with Crippen molar-refractivity contribution in [3.63, 3.8) is 0 Å². The van der Waals surface area contributed by atoms with Crippen molar-refractivity contribution >= 4 is 6.09 Å². The first-order valence-electron chi connectivity index (χ1n) is 9.00. The summed E-state index contributed by atoms with van der Waals surface area (Å²) in [5.41, 5.74) is -0.249. The lowest BCUT2D eigenvalue weighted by Crippen LogP contribution is -2.76. The van der Waals surface area contributed by atoms with E-state index in [1.165, 1.54) is 10.7 Å². The summed E-state index contributed by atoms with van der Waals surface area (Å²) < 4.78 is 44.7. The lowest BCUT2D eigenvalue weighted by atomic mass is 9.38. The van der Waals surface area contributed by atoms with Gasteiger partial charge in [-0.15, -0.1) is 0 Å². The second-order valence-electron chi connectivity index (χ2n) is 8.79. The molecule has 3 aliphatic rings. The van der Waals surface area contributed by atoms with Gasteiger partial charge in [0, 0.05) is 17.2 Å². The Balaban J connectivity index is 1.40. The van der Waals surface area contributed by atoms with Gasteiger partial charge in [-0.1, -0.05) is 0 Å². The quantitative estimate of drug-likeness (QED) is 0.855. The van der Waals surface area contributed by atoms with Gasteiger partial charge in [0.05, 0.1) is 18.1 Å². The summed E-state index contributed by atoms with van der Waals surface area (Å²) in [6, 6.07) is 2.29. The average molecular weight is 394 g/mol. The molecule has 2 heterocycles. The summed E-state index contributed by atoms with van der Waals surface area (Å²) in [5, 5.41) is 7.23. The van der Waals surface area contributed by atoms with E-state index in [0.717, 1.165) is 37.1 Å². The van der Waals surface area contributed by atoms with Crippen LogP contribution in [0.15, 0.2) is 30.7 Å². The van der Waals surface area contributed by atoms with Crippen molar-refractivity contribution in [1.29, 1.82) is 0 Å². The number of hydrogen-bond acceptors (Lipinski definition) is 4. The number of aromatic nitrogens is 3. The van der Waals surface area contributed by atoms with Gasteiger partial charge in [-0.2, -0.15) is 18.3 Å². The molecule has 150 valence electrons. The van der Waals surface area contributed by atoms with Crippen LogP contribution in [-0.2, 0) is 16.3 Å². The molecule has 3 saturated carbocycles. The van der Waals surface area contributed by atoms with E-state index in [2.05, 4.69) is 15.4 Å². The third kappa shape index (κ3) is 3.22. The molecule has 6 nitrogen and oxygen atoms in total. The van der Waals surface area contributed by atoms with E-state index >= 15 is 0 Å². The summed E-state index contributed by atoms with van der Waals surface area (Å²) in [5.74, 6) is 0. The first-order valence-corrected chi connectivity index (χ1v) is 9.00. The number of alkyl halides is 3. The molecular formula is C19H21F3N4O2. The van der Waals surface area contributed by atoms with Crippen LogP contribution in [0.25, 0.3) is 5.69 Å². The maximum absolute atomic E-state index is 12.6. The summed E-state index contributed by atoms with van der Waals surface area (Å²) in [7, 11) is 0. The van der Waals surface area contributed by atoms with Crippen LogP contribution in [0, 0.1) is 0 Å². The Morgan fingerprint density at radius 2 is 1.86 bits per heavy atom. The monoisotopic (exact) mass is 394 g/mol. The van der Waals surface area contributed by atoms with E-state index in [1.807, 2.05) is 27.0 Å². The predicted molar refractivity (Wildman–Crippen MR) is 94.0 cm³/mol. The van der Waals surface area contributed by atoms with Gasteiger partial charge in [-0.3, -0.25) is 0 Å². The summed E-state index contributed by atoms with van der Waals surface area (Å²) in [4.78, 5) is 15.5. The molecule has 0 aromatic carbocycles. The van der Waals surface area contributed by atoms with Crippen LogP contribution in [0.4, 0.5) is 18.0 Å². The van der Waals surface area contributed by atoms with Crippen LogP contribution in [-0.4, -0.2) is 32.0 Å². The van der Waals surface area contributed by atoms with Crippen molar-refractivity contribution in [2.45, 2.75) is 62.8 Å². The molecule has 3 aliphatic carbocycles. The number of ether oxygens (including phenoxy) is 1. The molecule has 1 amide bonds. The first kappa shape index (κ1) is 18.8. The summed E-state index contributed by atoms with van der Waals surface area (Å²) in [6.07, 6.45) is 2.24. The predicted octanol–water partition coefficient (Wildman–Crippen LogP) is 3.98. The normalized spacial score (nSPS) is 26.2. The van der Waals surface area contributed by atoms with E-state index in [-0.39, 0.29) is 11.0 Å². The highest BCUT2D eigenvalue weighted by molar-refractivity contribution is 5.70. The van der Waals surface area contributed by atoms with Crippen LogP contribution in [0.5, 0.6) is 0 Å². The molecule has 5 rings (SSSR count). The molecule has 0 atom stereocenters. The van der Waals surface area contributed by atoms with Crippen molar-refractivity contribution in [3.8, 4) is 5.69 Å². The molecule has 0 aliphatic heterocycles. The zero-order valence-corrected chi connectivity index (χ0v) is 15.8. The van der Waals surface area contributed by atoms with Crippen molar-refractivity contribution in [2.24, 2.45) is 0 Å². The van der Waals surface area contributed by atoms with Crippen LogP contribution in [0.2, 0.25) is 0 Å². The topological polar surface area (TPSA) is 69.0 Å². The van der Waals surface area contributed by atoms with Gasteiger partial charge in [0.25, 0.3) is 0 Å². The molecule has 2 aromatic rings. The lowest BCUT2D eigenvalue weighted by molar-refractivity contribution is -0.141. The van der Waals surface area contributed by atoms with E-state index < -0.39 is 23.6 Å². The SMILES string of the molecule is CC(C)(C)OC(=O)NC12CC(c3cnn(-c4ccc(C(F)(F)F)nc4)c3)(C1)C2. The molecular weight excluding hydrogens is 373 g/mol. The number of alkyl carbamates (subject to hydrolysis) is 1. The smallest absolute Gasteiger partial charge is 0.433 e. The Labute approximate surface area is 160 Å². The van der Waals surface area contributed by atoms with Gasteiger partial charge in [-0.05, 0) is 57.7 Å². The van der Waals surface area contributed by atoms with Crippen molar-refractivity contribution in [3.05, 3.63) is 42.0 Å². The number of hydrogen-bond donors (Lipinski definition) is 1. The molecule has 0 saturated heterocycles. The Morgan fingerprint density at radius 3 is 2.39 bits per heavy atom. The second kappa shape index (κ2) is 5.71. The van der Waals surface area contributed by atoms with Crippen molar-refractivity contribution in [2.75, 3.05) is 0 Å². The van der Waals surface area contributed by atoms with Crippen LogP contribution in [0.3, 0.4) is 0 Å². The third-order valence-electron chi connectivity index (χ3n) is 5.29. The highest BCUT2D eigenvalue weighted by Crippen LogP contribution is 2.67. The molecule has 9 heteroatoms. The van der Waals surface area contributed by atoms with E-state index in [4.69, 9.17) is 4.74 Å². The molecule has 1 N–H and O–H groups in total. The van der Waals surface area contributed by atoms with E-state index in [1.54, 1.807) is 6.20 Å². The molecule has 3 fully saturated rings. The fraction of sp³-hybridized carbons (Fsp3) is 0.526. The zero-order valence-electron chi connectivity index (χ0n) is 15.8. The van der Waals surface area contributed by atoms with Crippen molar-refractivity contribution < 1.29 is 22.7 Å². The Morgan fingerprint density at radius 1 is 1.18 bits per heavy atom. The number of amides is 1. The number of carbonyl (C=O) groups is 1. The minimum absolute atomic E-state index is 0.0351. The Hall–Kier alpha value is -2.58. The molecule has 0 radical (unpaired) electrons. The summed E-state index contributed by atoms with van der Waals surface area (Å²) >= 11 is 0. The standard InChI is InChI=1S/C19H21F3N4O2/c1-16(2,3)28-15(27)25-18-9-17(10-18,11-18)12-6-24-26(8-12)13-4-5-14(23-7-13)19(20,21)22/h4-8H,9-11H2,1-3H3,(H,25,27). The average Bonchev–Trinajstić information content (AvgIpc) is 2.96. The molecule has 2 aromatic heterocycles. The van der Waals surface area contributed by atoms with Gasteiger partial charge < -0.3 is 10.1 Å². The van der Waals surface area contributed by atoms with Gasteiger partial charge in [0.2, 0.25) is 0 Å². The number of nitrogens with zero attached hydrogens (tertiary/aromatic N) is 3. The molecule has 0 unspecified atom stereocenters. The Bertz CT molecular complexity index is 893. The fourth-order valence-corrected chi connectivity index (χ4v) is 4.17. The number of nitrogens with one attached hydrogen (secondary N) is 1. The Kier molecular flexibility index (Phi) is 3.83. The zero-order chi connectivity index (χ0) is 20.4. The second-order valence-corrected chi connectivity index (χ2v) is 8.79. The van der Waals surface area contributed by atoms with Gasteiger partial charge >= 0.3 is 12.3 Å². The van der Waals surface area contributed by atoms with Gasteiger partial charge in [0.15, 0.2) is 0 Å². The van der Waals surface area contributed by atoms with Gasteiger partial charge in [0.1, 0.15) is 11.3 Å². The summed E-state index contributed by atoms with van der Waals surface area (Å²) in [6.45, 7) is 5.46. The highest BCUT2D eigenvalue weighted by atomic mass is 19.4. The number of carbonyl (C=O) groups excluding carboxylic acids is 1. The van der Waals surface area contributed by atoms with E-state index in [9.17, 15) is 18.0 Å². The van der Waals surface area contributed by atoms with Crippen LogP contribution < -0.4 is 5.32 Å². The lowest BCUT2D eigenvalue weighted by Gasteiger charge is -2.70. The third-order valence-corrected chi connectivity index (χ3v) is 5.29. The number of pyridine rings is 1. The molecule has 2 bridgehead atoms. The molecule has 28 heavy (non-hydrogen) atoms. The number of halogens is 3. The highest BCUT2D eigenvalue weighted by Gasteiger charge is 2.69. The van der Waals surface area contributed by atoms with Crippen LogP contribution >= 0.6 is 0 Å². The van der Waals surface area contributed by atoms with E-state index in [0.29, 0.717) is 5.69 Å². The minimum Gasteiger partial charge on any atom is -0.444 e. The maximum Gasteiger partial charge on any atom is 0.433 e.